The second kappa shape index (κ2) is 15.6. The van der Waals surface area contributed by atoms with Gasteiger partial charge in [0, 0.05) is 10.6 Å². The van der Waals surface area contributed by atoms with Gasteiger partial charge in [-0.05, 0) is 50.7 Å². The van der Waals surface area contributed by atoms with E-state index in [9.17, 15) is 0 Å². The molecule has 1 rings (SSSR count). The molecule has 0 saturated heterocycles. The molecule has 1 aromatic carbocycles. The van der Waals surface area contributed by atoms with Gasteiger partial charge in [-0.25, -0.2) is 0 Å². The molecule has 1 nitrogen and oxygen atoms in total. The van der Waals surface area contributed by atoms with Crippen molar-refractivity contribution in [2.24, 2.45) is 0 Å². The summed E-state index contributed by atoms with van der Waals surface area (Å²) in [4.78, 5) is 0. The molecule has 0 aliphatic rings. The highest BCUT2D eigenvalue weighted by molar-refractivity contribution is 6.35. The lowest BCUT2D eigenvalue weighted by molar-refractivity contribution is -0.941. The second-order valence-corrected chi connectivity index (χ2v) is 9.43. The monoisotopic (exact) mass is 428 g/mol. The lowest BCUT2D eigenvalue weighted by Gasteiger charge is -2.40. The first-order chi connectivity index (χ1) is 13.6. The van der Waals surface area contributed by atoms with Crippen molar-refractivity contribution >= 4 is 23.2 Å². The molecule has 0 amide bonds. The fourth-order valence-electron chi connectivity index (χ4n) is 4.21. The predicted molar refractivity (Wildman–Crippen MR) is 127 cm³/mol. The molecule has 0 N–H and O–H groups in total. The third-order valence-corrected chi connectivity index (χ3v) is 6.57. The Morgan fingerprint density at radius 2 is 1.11 bits per heavy atom. The van der Waals surface area contributed by atoms with Crippen molar-refractivity contribution in [3.05, 3.63) is 33.8 Å². The Bertz CT molecular complexity index is 484. The molecule has 0 heterocycles. The number of unbranched alkanes of at least 4 members (excludes halogenated alkanes) is 9. The average molecular weight is 430 g/mol. The van der Waals surface area contributed by atoms with E-state index in [0.29, 0.717) is 0 Å². The van der Waals surface area contributed by atoms with Gasteiger partial charge >= 0.3 is 0 Å². The van der Waals surface area contributed by atoms with E-state index in [1.54, 1.807) is 0 Å². The summed E-state index contributed by atoms with van der Waals surface area (Å²) in [7, 11) is 0. The van der Waals surface area contributed by atoms with Gasteiger partial charge in [-0.15, -0.1) is 0 Å². The molecule has 0 radical (unpaired) electrons. The highest BCUT2D eigenvalue weighted by Gasteiger charge is 2.27. The highest BCUT2D eigenvalue weighted by atomic mass is 35.5. The first-order valence-electron chi connectivity index (χ1n) is 11.9. The molecule has 0 unspecified atom stereocenters. The smallest absolute Gasteiger partial charge is 0.106 e. The molecule has 3 heteroatoms. The molecule has 0 aliphatic heterocycles. The Hall–Kier alpha value is -0.240. The van der Waals surface area contributed by atoms with Gasteiger partial charge in [-0.2, -0.15) is 0 Å². The van der Waals surface area contributed by atoms with E-state index in [1.165, 1.54) is 107 Å². The zero-order valence-corrected chi connectivity index (χ0v) is 20.3. The summed E-state index contributed by atoms with van der Waals surface area (Å²) in [5.74, 6) is 0. The minimum absolute atomic E-state index is 0.737. The van der Waals surface area contributed by atoms with Gasteiger partial charge in [0.05, 0.1) is 24.7 Å². The van der Waals surface area contributed by atoms with Crippen molar-refractivity contribution in [3.8, 4) is 0 Å². The van der Waals surface area contributed by atoms with Crippen molar-refractivity contribution in [1.29, 1.82) is 0 Å². The third kappa shape index (κ3) is 10.5. The van der Waals surface area contributed by atoms with Crippen molar-refractivity contribution in [3.63, 3.8) is 0 Å². The fraction of sp³-hybridized carbons (Fsp3) is 0.760. The van der Waals surface area contributed by atoms with Crippen LogP contribution in [-0.2, 0) is 6.54 Å². The van der Waals surface area contributed by atoms with E-state index in [1.807, 2.05) is 12.1 Å². The summed E-state index contributed by atoms with van der Waals surface area (Å²) in [6.45, 7) is 11.8. The number of benzene rings is 1. The van der Waals surface area contributed by atoms with Crippen LogP contribution in [0, 0.1) is 0 Å². The van der Waals surface area contributed by atoms with Crippen LogP contribution < -0.4 is 0 Å². The van der Waals surface area contributed by atoms with Crippen LogP contribution >= 0.6 is 23.2 Å². The number of halogens is 2. The van der Waals surface area contributed by atoms with Gasteiger partial charge in [0.25, 0.3) is 0 Å². The van der Waals surface area contributed by atoms with Crippen LogP contribution in [0.5, 0.6) is 0 Å². The third-order valence-electron chi connectivity index (χ3n) is 5.98. The number of hydrogen-bond acceptors (Lipinski definition) is 0. The maximum Gasteiger partial charge on any atom is 0.106 e. The fourth-order valence-corrected chi connectivity index (χ4v) is 4.67. The molecule has 0 aliphatic carbocycles. The van der Waals surface area contributed by atoms with Crippen molar-refractivity contribution < 1.29 is 4.48 Å². The molecule has 0 fully saturated rings. The maximum atomic E-state index is 6.59. The van der Waals surface area contributed by atoms with Crippen LogP contribution in [0.3, 0.4) is 0 Å². The van der Waals surface area contributed by atoms with E-state index in [2.05, 4.69) is 26.8 Å². The predicted octanol–water partition coefficient (Wildman–Crippen LogP) is 9.05. The summed E-state index contributed by atoms with van der Waals surface area (Å²) < 4.78 is 1.21. The van der Waals surface area contributed by atoms with Gasteiger partial charge in [-0.1, -0.05) is 88.6 Å². The van der Waals surface area contributed by atoms with Crippen LogP contribution in [-0.4, -0.2) is 24.1 Å². The zero-order valence-electron chi connectivity index (χ0n) is 18.7. The van der Waals surface area contributed by atoms with Crippen LogP contribution in [0.4, 0.5) is 0 Å². The van der Waals surface area contributed by atoms with E-state index >= 15 is 0 Å². The van der Waals surface area contributed by atoms with E-state index in [4.69, 9.17) is 23.2 Å². The van der Waals surface area contributed by atoms with Gasteiger partial charge in [0.15, 0.2) is 0 Å². The molecule has 162 valence electrons. The number of rotatable bonds is 17. The van der Waals surface area contributed by atoms with Crippen LogP contribution in [0.1, 0.15) is 103 Å². The molecule has 0 aromatic heterocycles. The molecule has 0 spiro atoms. The lowest BCUT2D eigenvalue weighted by Crippen LogP contribution is -2.49. The van der Waals surface area contributed by atoms with Crippen LogP contribution in [0.2, 0.25) is 10.0 Å². The summed E-state index contributed by atoms with van der Waals surface area (Å²) >= 11 is 12.7. The molecule has 28 heavy (non-hydrogen) atoms. The Labute approximate surface area is 185 Å². The number of hydrogen-bond donors (Lipinski definition) is 0. The van der Waals surface area contributed by atoms with Gasteiger partial charge in [-0.3, -0.25) is 0 Å². The summed E-state index contributed by atoms with van der Waals surface area (Å²) in [6.07, 6.45) is 16.0. The molecule has 0 saturated carbocycles. The Morgan fingerprint density at radius 1 is 0.643 bits per heavy atom. The second-order valence-electron chi connectivity index (χ2n) is 8.59. The number of nitrogens with zero attached hydrogens (tertiary/aromatic N) is 1. The largest absolute Gasteiger partial charge is 0.320 e. The standard InChI is InChI=1S/C25H44Cl2N/c1-4-7-10-13-18-28(19-14-11-8-5-2,20-15-12-9-6-3)22-23-16-17-24(26)21-25(23)27/h16-17,21H,4-15,18-20,22H2,1-3H3/q+1. The minimum Gasteiger partial charge on any atom is -0.320 e. The van der Waals surface area contributed by atoms with Crippen LogP contribution in [0.25, 0.3) is 0 Å². The normalized spacial score (nSPS) is 11.9. The SMILES string of the molecule is CCCCCC[N+](CCCCCC)(CCCCCC)Cc1ccc(Cl)cc1Cl. The van der Waals surface area contributed by atoms with Crippen LogP contribution in [0.15, 0.2) is 18.2 Å². The molecule has 0 bridgehead atoms. The number of quaternary nitrogens is 1. The van der Waals surface area contributed by atoms with Crippen molar-refractivity contribution in [1.82, 2.24) is 0 Å². The average Bonchev–Trinajstić information content (AvgIpc) is 2.68. The first kappa shape index (κ1) is 25.8. The highest BCUT2D eigenvalue weighted by Crippen LogP contribution is 2.27. The summed E-state index contributed by atoms with van der Waals surface area (Å²) in [6, 6.07) is 6.07. The van der Waals surface area contributed by atoms with Gasteiger partial charge in [0.1, 0.15) is 6.54 Å². The molecular weight excluding hydrogens is 385 g/mol. The lowest BCUT2D eigenvalue weighted by atomic mass is 10.1. The topological polar surface area (TPSA) is 0 Å². The molecule has 0 atom stereocenters. The first-order valence-corrected chi connectivity index (χ1v) is 12.6. The van der Waals surface area contributed by atoms with Crippen molar-refractivity contribution in [2.45, 2.75) is 104 Å². The van der Waals surface area contributed by atoms with Gasteiger partial charge < -0.3 is 4.48 Å². The Balaban J connectivity index is 2.92. The van der Waals surface area contributed by atoms with Crippen molar-refractivity contribution in [2.75, 3.05) is 19.6 Å². The maximum absolute atomic E-state index is 6.59. The molecular formula is C25H44Cl2N+. The van der Waals surface area contributed by atoms with E-state index in [-0.39, 0.29) is 0 Å². The molecule has 1 aromatic rings. The summed E-state index contributed by atoms with van der Waals surface area (Å²) in [5, 5.41) is 1.58. The Kier molecular flexibility index (Phi) is 14.4. The zero-order chi connectivity index (χ0) is 20.7. The minimum atomic E-state index is 0.737. The Morgan fingerprint density at radius 3 is 1.50 bits per heavy atom. The van der Waals surface area contributed by atoms with Gasteiger partial charge in [0.2, 0.25) is 0 Å². The van der Waals surface area contributed by atoms with E-state index in [0.717, 1.165) is 16.6 Å². The summed E-state index contributed by atoms with van der Waals surface area (Å²) in [5.41, 5.74) is 1.27. The quantitative estimate of drug-likeness (QED) is 0.171. The van der Waals surface area contributed by atoms with E-state index < -0.39 is 0 Å².